The molecule has 2 atom stereocenters. The average Bonchev–Trinajstić information content (AvgIpc) is 2.37. The Morgan fingerprint density at radius 2 is 2.00 bits per heavy atom. The second kappa shape index (κ2) is 6.09. The fourth-order valence-electron chi connectivity index (χ4n) is 1.47. The van der Waals surface area contributed by atoms with Crippen LogP contribution < -0.4 is 5.32 Å². The zero-order valence-electron chi connectivity index (χ0n) is 10.8. The Labute approximate surface area is 113 Å². The van der Waals surface area contributed by atoms with Crippen molar-refractivity contribution in [3.8, 4) is 0 Å². The number of nitro groups is 1. The van der Waals surface area contributed by atoms with Gasteiger partial charge in [0, 0.05) is 6.04 Å². The third-order valence-electron chi connectivity index (χ3n) is 2.90. The van der Waals surface area contributed by atoms with E-state index in [0.29, 0.717) is 6.07 Å². The first-order chi connectivity index (χ1) is 9.23. The van der Waals surface area contributed by atoms with Crippen molar-refractivity contribution < 1.29 is 24.0 Å². The van der Waals surface area contributed by atoms with E-state index in [4.69, 9.17) is 5.11 Å². The molecule has 0 aromatic heterocycles. The first kappa shape index (κ1) is 15.5. The van der Waals surface area contributed by atoms with Gasteiger partial charge in [0.15, 0.2) is 0 Å². The van der Waals surface area contributed by atoms with Crippen molar-refractivity contribution in [2.24, 2.45) is 5.92 Å². The number of nitro benzene ring substituents is 1. The van der Waals surface area contributed by atoms with Crippen LogP contribution in [-0.2, 0) is 4.79 Å². The van der Waals surface area contributed by atoms with Crippen LogP contribution in [0.2, 0.25) is 0 Å². The summed E-state index contributed by atoms with van der Waals surface area (Å²) in [5.74, 6) is -3.62. The number of carbonyl (C=O) groups excluding carboxylic acids is 1. The summed E-state index contributed by atoms with van der Waals surface area (Å²) in [7, 11) is 0. The number of carbonyl (C=O) groups is 2. The maximum Gasteiger partial charge on any atom is 0.308 e. The smallest absolute Gasteiger partial charge is 0.308 e. The molecule has 0 heterocycles. The highest BCUT2D eigenvalue weighted by Crippen LogP contribution is 2.20. The third kappa shape index (κ3) is 3.50. The number of carboxylic acid groups (broad SMARTS) is 1. The van der Waals surface area contributed by atoms with Crippen LogP contribution in [0.4, 0.5) is 10.1 Å². The maximum atomic E-state index is 13.0. The molecule has 2 unspecified atom stereocenters. The number of rotatable bonds is 5. The molecule has 0 spiro atoms. The van der Waals surface area contributed by atoms with Gasteiger partial charge in [0.25, 0.3) is 11.6 Å². The second-order valence-corrected chi connectivity index (χ2v) is 4.31. The monoisotopic (exact) mass is 284 g/mol. The SMILES string of the molecule is CC(NC(=O)c1ccc(F)cc1[N+](=O)[O-])C(C)C(=O)O. The topological polar surface area (TPSA) is 110 Å². The van der Waals surface area contributed by atoms with Crippen molar-refractivity contribution in [1.82, 2.24) is 5.32 Å². The maximum absolute atomic E-state index is 13.0. The third-order valence-corrected chi connectivity index (χ3v) is 2.90. The molecular formula is C12H13FN2O5. The lowest BCUT2D eigenvalue weighted by atomic mass is 10.0. The van der Waals surface area contributed by atoms with Crippen molar-refractivity contribution in [3.63, 3.8) is 0 Å². The number of hydrogen-bond acceptors (Lipinski definition) is 4. The molecule has 0 bridgehead atoms. The molecule has 7 nitrogen and oxygen atoms in total. The van der Waals surface area contributed by atoms with Gasteiger partial charge in [-0.1, -0.05) is 0 Å². The standard InChI is InChI=1S/C12H13FN2O5/c1-6(12(17)18)7(2)14-11(16)9-4-3-8(13)5-10(9)15(19)20/h3-7H,1-2H3,(H,14,16)(H,17,18). The minimum Gasteiger partial charge on any atom is -0.481 e. The summed E-state index contributed by atoms with van der Waals surface area (Å²) >= 11 is 0. The lowest BCUT2D eigenvalue weighted by Gasteiger charge is -2.17. The fraction of sp³-hybridized carbons (Fsp3) is 0.333. The minimum absolute atomic E-state index is 0.319. The number of hydrogen-bond donors (Lipinski definition) is 2. The number of aliphatic carboxylic acids is 1. The predicted molar refractivity (Wildman–Crippen MR) is 66.8 cm³/mol. The van der Waals surface area contributed by atoms with E-state index in [1.807, 2.05) is 0 Å². The number of nitrogens with zero attached hydrogens (tertiary/aromatic N) is 1. The number of carboxylic acids is 1. The summed E-state index contributed by atoms with van der Waals surface area (Å²) in [5, 5.41) is 21.9. The van der Waals surface area contributed by atoms with Crippen LogP contribution in [0.5, 0.6) is 0 Å². The van der Waals surface area contributed by atoms with E-state index < -0.39 is 40.3 Å². The lowest BCUT2D eigenvalue weighted by Crippen LogP contribution is -2.40. The largest absolute Gasteiger partial charge is 0.481 e. The highest BCUT2D eigenvalue weighted by atomic mass is 19.1. The summed E-state index contributed by atoms with van der Waals surface area (Å²) < 4.78 is 13.0. The van der Waals surface area contributed by atoms with Crippen molar-refractivity contribution in [2.45, 2.75) is 19.9 Å². The first-order valence-electron chi connectivity index (χ1n) is 5.71. The van der Waals surface area contributed by atoms with Crippen molar-refractivity contribution in [1.29, 1.82) is 0 Å². The predicted octanol–water partition coefficient (Wildman–Crippen LogP) is 1.57. The molecule has 0 aliphatic carbocycles. The Morgan fingerprint density at radius 3 is 2.50 bits per heavy atom. The molecule has 1 rings (SSSR count). The van der Waals surface area contributed by atoms with Gasteiger partial charge >= 0.3 is 5.97 Å². The van der Waals surface area contributed by atoms with E-state index in [9.17, 15) is 24.1 Å². The van der Waals surface area contributed by atoms with Crippen LogP contribution in [0.1, 0.15) is 24.2 Å². The Balaban J connectivity index is 2.99. The zero-order valence-corrected chi connectivity index (χ0v) is 10.8. The summed E-state index contributed by atoms with van der Waals surface area (Å²) in [6.45, 7) is 2.86. The van der Waals surface area contributed by atoms with Crippen LogP contribution in [0.15, 0.2) is 18.2 Å². The lowest BCUT2D eigenvalue weighted by molar-refractivity contribution is -0.385. The fourth-order valence-corrected chi connectivity index (χ4v) is 1.47. The summed E-state index contributed by atoms with van der Waals surface area (Å²) in [6.07, 6.45) is 0. The Bertz CT molecular complexity index is 561. The van der Waals surface area contributed by atoms with E-state index in [1.165, 1.54) is 13.8 Å². The van der Waals surface area contributed by atoms with Crippen molar-refractivity contribution in [2.75, 3.05) is 0 Å². The van der Waals surface area contributed by atoms with Crippen LogP contribution >= 0.6 is 0 Å². The van der Waals surface area contributed by atoms with Gasteiger partial charge in [-0.3, -0.25) is 19.7 Å². The summed E-state index contributed by atoms with van der Waals surface area (Å²) in [6, 6.07) is 1.82. The van der Waals surface area contributed by atoms with Crippen LogP contribution in [-0.4, -0.2) is 27.9 Å². The molecule has 0 radical (unpaired) electrons. The average molecular weight is 284 g/mol. The van der Waals surface area contributed by atoms with E-state index in [2.05, 4.69) is 5.32 Å². The zero-order chi connectivity index (χ0) is 15.4. The molecule has 20 heavy (non-hydrogen) atoms. The Kier molecular flexibility index (Phi) is 4.73. The summed E-state index contributed by atoms with van der Waals surface area (Å²) in [4.78, 5) is 32.6. The quantitative estimate of drug-likeness (QED) is 0.630. The van der Waals surface area contributed by atoms with Crippen LogP contribution in [0, 0.1) is 21.8 Å². The number of benzene rings is 1. The number of halogens is 1. The van der Waals surface area contributed by atoms with E-state index >= 15 is 0 Å². The second-order valence-electron chi connectivity index (χ2n) is 4.31. The van der Waals surface area contributed by atoms with Gasteiger partial charge in [-0.15, -0.1) is 0 Å². The van der Waals surface area contributed by atoms with Crippen molar-refractivity contribution >= 4 is 17.6 Å². The molecule has 0 saturated heterocycles. The molecule has 1 amide bonds. The molecule has 0 saturated carbocycles. The van der Waals surface area contributed by atoms with E-state index in [-0.39, 0.29) is 5.56 Å². The molecule has 2 N–H and O–H groups in total. The van der Waals surface area contributed by atoms with Gasteiger partial charge in [0.1, 0.15) is 11.4 Å². The number of nitrogens with one attached hydrogen (secondary N) is 1. The normalized spacial score (nSPS) is 13.3. The minimum atomic E-state index is -1.11. The van der Waals surface area contributed by atoms with Gasteiger partial charge in [0.05, 0.1) is 16.9 Å². The van der Waals surface area contributed by atoms with E-state index in [0.717, 1.165) is 12.1 Å². The van der Waals surface area contributed by atoms with Gasteiger partial charge in [0.2, 0.25) is 0 Å². The molecule has 1 aromatic carbocycles. The van der Waals surface area contributed by atoms with Crippen LogP contribution in [0.25, 0.3) is 0 Å². The Morgan fingerprint density at radius 1 is 1.40 bits per heavy atom. The Hall–Kier alpha value is -2.51. The molecule has 8 heteroatoms. The van der Waals surface area contributed by atoms with Crippen molar-refractivity contribution in [3.05, 3.63) is 39.7 Å². The van der Waals surface area contributed by atoms with Gasteiger partial charge < -0.3 is 10.4 Å². The highest BCUT2D eigenvalue weighted by molar-refractivity contribution is 5.98. The molecule has 0 fully saturated rings. The summed E-state index contributed by atoms with van der Waals surface area (Å²) in [5.41, 5.74) is -0.987. The van der Waals surface area contributed by atoms with Crippen LogP contribution in [0.3, 0.4) is 0 Å². The molecule has 108 valence electrons. The number of amides is 1. The molecule has 0 aliphatic rings. The van der Waals surface area contributed by atoms with Gasteiger partial charge in [-0.05, 0) is 26.0 Å². The highest BCUT2D eigenvalue weighted by Gasteiger charge is 2.25. The molecule has 0 aliphatic heterocycles. The first-order valence-corrected chi connectivity index (χ1v) is 5.71. The molecular weight excluding hydrogens is 271 g/mol. The molecule has 1 aromatic rings. The van der Waals surface area contributed by atoms with Gasteiger partial charge in [-0.25, -0.2) is 4.39 Å². The van der Waals surface area contributed by atoms with Gasteiger partial charge in [-0.2, -0.15) is 0 Å². The van der Waals surface area contributed by atoms with E-state index in [1.54, 1.807) is 0 Å².